The Kier molecular flexibility index (Phi) is 7.86. The molecule has 1 atom stereocenters. The van der Waals surface area contributed by atoms with Crippen LogP contribution in [-0.4, -0.2) is 84.8 Å². The molecule has 10 nitrogen and oxygen atoms in total. The van der Waals surface area contributed by atoms with E-state index >= 15 is 0 Å². The maximum Gasteiger partial charge on any atom is 0.255 e. The summed E-state index contributed by atoms with van der Waals surface area (Å²) in [5.74, 6) is 0.486. The topological polar surface area (TPSA) is 108 Å². The highest BCUT2D eigenvalue weighted by atomic mass is 16.5. The van der Waals surface area contributed by atoms with Crippen LogP contribution in [0.2, 0.25) is 0 Å². The minimum atomic E-state index is -0.686. The van der Waals surface area contributed by atoms with Crippen LogP contribution in [0.5, 0.6) is 11.5 Å². The average Bonchev–Trinajstić information content (AvgIpc) is 3.37. The summed E-state index contributed by atoms with van der Waals surface area (Å²) in [4.78, 5) is 56.3. The first kappa shape index (κ1) is 28.4. The average molecular weight is 583 g/mol. The van der Waals surface area contributed by atoms with E-state index < -0.39 is 11.9 Å². The largest absolute Gasteiger partial charge is 0.497 e. The van der Waals surface area contributed by atoms with Crippen molar-refractivity contribution in [2.45, 2.75) is 31.5 Å². The molecule has 222 valence electrons. The molecule has 3 aromatic carbocycles. The molecular weight excluding hydrogens is 548 g/mol. The van der Waals surface area contributed by atoms with E-state index in [9.17, 15) is 19.2 Å². The Hall–Kier alpha value is -4.70. The van der Waals surface area contributed by atoms with Crippen molar-refractivity contribution in [2.24, 2.45) is 0 Å². The number of methoxy groups -OCH3 is 2. The molecule has 0 bridgehead atoms. The number of carbonyl (C=O) groups excluding carboxylic acids is 4. The van der Waals surface area contributed by atoms with Gasteiger partial charge in [0.05, 0.1) is 20.3 Å². The first-order valence-corrected chi connectivity index (χ1v) is 14.4. The van der Waals surface area contributed by atoms with Crippen molar-refractivity contribution in [3.8, 4) is 11.5 Å². The number of benzene rings is 3. The summed E-state index contributed by atoms with van der Waals surface area (Å²) >= 11 is 0. The fourth-order valence-electron chi connectivity index (χ4n) is 6.26. The van der Waals surface area contributed by atoms with Gasteiger partial charge in [-0.25, -0.2) is 0 Å². The number of nitrogens with zero attached hydrogens (tertiary/aromatic N) is 3. The molecule has 10 heteroatoms. The molecular formula is C33H34N4O6. The second kappa shape index (κ2) is 11.9. The highest BCUT2D eigenvalue weighted by Crippen LogP contribution is 2.33. The molecule has 1 N–H and O–H groups in total. The van der Waals surface area contributed by atoms with Gasteiger partial charge in [0.1, 0.15) is 17.5 Å². The zero-order valence-corrected chi connectivity index (χ0v) is 24.2. The number of hydrogen-bond acceptors (Lipinski definition) is 7. The van der Waals surface area contributed by atoms with Gasteiger partial charge in [0.15, 0.2) is 0 Å². The third-order valence-corrected chi connectivity index (χ3v) is 8.60. The van der Waals surface area contributed by atoms with Crippen LogP contribution in [-0.2, 0) is 16.1 Å². The van der Waals surface area contributed by atoms with Crippen molar-refractivity contribution in [1.82, 2.24) is 20.0 Å². The molecule has 1 unspecified atom stereocenters. The Morgan fingerprint density at radius 3 is 2.00 bits per heavy atom. The number of carbonyl (C=O) groups is 4. The zero-order chi connectivity index (χ0) is 30.1. The number of hydrogen-bond donors (Lipinski definition) is 1. The summed E-state index contributed by atoms with van der Waals surface area (Å²) in [6.07, 6.45) is 0.499. The fourth-order valence-corrected chi connectivity index (χ4v) is 6.26. The first-order valence-electron chi connectivity index (χ1n) is 14.4. The van der Waals surface area contributed by atoms with Gasteiger partial charge in [-0.05, 0) is 65.6 Å². The minimum Gasteiger partial charge on any atom is -0.497 e. The van der Waals surface area contributed by atoms with E-state index in [1.165, 1.54) is 4.90 Å². The van der Waals surface area contributed by atoms with Crippen LogP contribution in [0, 0.1) is 0 Å². The van der Waals surface area contributed by atoms with E-state index in [-0.39, 0.29) is 36.7 Å². The molecule has 0 saturated carbocycles. The van der Waals surface area contributed by atoms with Gasteiger partial charge in [0.2, 0.25) is 11.8 Å². The Balaban J connectivity index is 1.15. The van der Waals surface area contributed by atoms with Crippen molar-refractivity contribution < 1.29 is 28.7 Å². The molecule has 0 aliphatic carbocycles. The summed E-state index contributed by atoms with van der Waals surface area (Å²) in [6, 6.07) is 20.6. The van der Waals surface area contributed by atoms with Crippen LogP contribution in [0.15, 0.2) is 66.7 Å². The van der Waals surface area contributed by atoms with E-state index in [1.54, 1.807) is 32.4 Å². The van der Waals surface area contributed by atoms with Gasteiger partial charge in [-0.3, -0.25) is 29.4 Å². The van der Waals surface area contributed by atoms with E-state index in [0.717, 1.165) is 28.2 Å². The Morgan fingerprint density at radius 1 is 0.837 bits per heavy atom. The summed E-state index contributed by atoms with van der Waals surface area (Å²) < 4.78 is 10.7. The Bertz CT molecular complexity index is 1500. The van der Waals surface area contributed by atoms with Crippen LogP contribution >= 0.6 is 0 Å². The van der Waals surface area contributed by atoms with E-state index in [2.05, 4.69) is 34.5 Å². The van der Waals surface area contributed by atoms with Crippen molar-refractivity contribution in [1.29, 1.82) is 0 Å². The molecule has 3 aliphatic heterocycles. The zero-order valence-electron chi connectivity index (χ0n) is 24.2. The van der Waals surface area contributed by atoms with E-state index in [1.807, 2.05) is 29.2 Å². The van der Waals surface area contributed by atoms with Crippen molar-refractivity contribution >= 4 is 23.6 Å². The molecule has 2 saturated heterocycles. The van der Waals surface area contributed by atoms with Gasteiger partial charge in [-0.1, -0.05) is 24.3 Å². The second-order valence-corrected chi connectivity index (χ2v) is 11.0. The normalized spacial score (nSPS) is 19.0. The van der Waals surface area contributed by atoms with Crippen LogP contribution in [0.4, 0.5) is 0 Å². The lowest BCUT2D eigenvalue weighted by atomic mass is 9.96. The van der Waals surface area contributed by atoms with Gasteiger partial charge >= 0.3 is 0 Å². The molecule has 0 spiro atoms. The van der Waals surface area contributed by atoms with E-state index in [0.29, 0.717) is 43.7 Å². The lowest BCUT2D eigenvalue weighted by molar-refractivity contribution is -0.136. The number of amides is 4. The number of nitrogens with one attached hydrogen (secondary N) is 1. The van der Waals surface area contributed by atoms with Crippen LogP contribution in [0.3, 0.4) is 0 Å². The number of piperazine rings is 1. The standard InChI is InChI=1S/C33H34N4O6/c1-42-25-8-3-21(4-9-25)30(22-5-10-26(43-2)11-6-22)35-15-17-36(18-16-35)32(40)23-7-12-27-24(19-23)20-37(33(27)41)28-13-14-29(38)34-31(28)39/h3-12,19,28,30H,13-18,20H2,1-2H3,(H,34,38,39). The molecule has 2 fully saturated rings. The fraction of sp³-hybridized carbons (Fsp3) is 0.333. The first-order chi connectivity index (χ1) is 20.9. The monoisotopic (exact) mass is 582 g/mol. The highest BCUT2D eigenvalue weighted by Gasteiger charge is 2.39. The van der Waals surface area contributed by atoms with Gasteiger partial charge in [-0.15, -0.1) is 0 Å². The molecule has 3 aromatic rings. The predicted molar refractivity (Wildman–Crippen MR) is 158 cm³/mol. The number of fused-ring (bicyclic) bond motifs is 1. The van der Waals surface area contributed by atoms with Crippen LogP contribution in [0.25, 0.3) is 0 Å². The van der Waals surface area contributed by atoms with Crippen LogP contribution < -0.4 is 14.8 Å². The molecule has 43 heavy (non-hydrogen) atoms. The summed E-state index contributed by atoms with van der Waals surface area (Å²) in [7, 11) is 3.30. The summed E-state index contributed by atoms with van der Waals surface area (Å²) in [5, 5.41) is 2.32. The third-order valence-electron chi connectivity index (χ3n) is 8.60. The van der Waals surface area contributed by atoms with E-state index in [4.69, 9.17) is 9.47 Å². The number of rotatable bonds is 7. The highest BCUT2D eigenvalue weighted by molar-refractivity contribution is 6.06. The van der Waals surface area contributed by atoms with Crippen molar-refractivity contribution in [2.75, 3.05) is 40.4 Å². The lowest BCUT2D eigenvalue weighted by Crippen LogP contribution is -2.52. The second-order valence-electron chi connectivity index (χ2n) is 11.0. The molecule has 0 aromatic heterocycles. The maximum absolute atomic E-state index is 13.6. The molecule has 4 amide bonds. The number of piperidine rings is 1. The molecule has 3 aliphatic rings. The van der Waals surface area contributed by atoms with Crippen molar-refractivity contribution in [3.05, 3.63) is 94.5 Å². The maximum atomic E-state index is 13.6. The van der Waals surface area contributed by atoms with Gasteiger partial charge in [0, 0.05) is 50.3 Å². The van der Waals surface area contributed by atoms with Gasteiger partial charge in [0.25, 0.3) is 11.8 Å². The molecule has 3 heterocycles. The van der Waals surface area contributed by atoms with Gasteiger partial charge in [-0.2, -0.15) is 0 Å². The SMILES string of the molecule is COc1ccc(C(c2ccc(OC)cc2)N2CCN(C(=O)c3ccc4c(c3)CN(C3CCC(=O)NC3=O)C4=O)CC2)cc1. The molecule has 6 rings (SSSR count). The van der Waals surface area contributed by atoms with Crippen molar-refractivity contribution in [3.63, 3.8) is 0 Å². The Morgan fingerprint density at radius 2 is 1.44 bits per heavy atom. The predicted octanol–water partition coefficient (Wildman–Crippen LogP) is 3.01. The number of imide groups is 1. The Labute approximate surface area is 250 Å². The third kappa shape index (κ3) is 5.58. The summed E-state index contributed by atoms with van der Waals surface area (Å²) in [5.41, 5.74) is 4.00. The molecule has 0 radical (unpaired) electrons. The quantitative estimate of drug-likeness (QED) is 0.427. The summed E-state index contributed by atoms with van der Waals surface area (Å²) in [6.45, 7) is 2.71. The number of ether oxygens (including phenoxy) is 2. The lowest BCUT2D eigenvalue weighted by Gasteiger charge is -2.40. The van der Waals surface area contributed by atoms with Crippen LogP contribution in [0.1, 0.15) is 56.3 Å². The van der Waals surface area contributed by atoms with Gasteiger partial charge < -0.3 is 19.3 Å². The minimum absolute atomic E-state index is 0.00154. The smallest absolute Gasteiger partial charge is 0.255 e.